The molecule has 1 aromatic heterocycles. The highest BCUT2D eigenvalue weighted by molar-refractivity contribution is 6.33. The van der Waals surface area contributed by atoms with Gasteiger partial charge in [-0.05, 0) is 19.9 Å². The maximum absolute atomic E-state index is 11.3. The van der Waals surface area contributed by atoms with E-state index in [1.165, 1.54) is 12.4 Å². The van der Waals surface area contributed by atoms with Gasteiger partial charge in [0.2, 0.25) is 0 Å². The monoisotopic (exact) mass is 199 g/mol. The minimum atomic E-state index is -0.437. The van der Waals surface area contributed by atoms with E-state index in [0.717, 1.165) is 0 Å². The fraction of sp³-hybridized carbons (Fsp3) is 0.333. The Morgan fingerprint density at radius 1 is 1.62 bits per heavy atom. The average molecular weight is 200 g/mol. The number of halogens is 1. The molecular formula is C9H10ClNO2. The van der Waals surface area contributed by atoms with Crippen LogP contribution in [0.4, 0.5) is 0 Å². The SMILES string of the molecule is CC(C)OC(=O)c1cnccc1Cl. The number of aromatic nitrogens is 1. The van der Waals surface area contributed by atoms with Crippen LogP contribution in [-0.2, 0) is 4.74 Å². The molecule has 0 N–H and O–H groups in total. The predicted molar refractivity (Wildman–Crippen MR) is 49.8 cm³/mol. The van der Waals surface area contributed by atoms with Gasteiger partial charge in [-0.1, -0.05) is 11.6 Å². The van der Waals surface area contributed by atoms with Crippen molar-refractivity contribution in [2.75, 3.05) is 0 Å². The molecule has 1 aromatic rings. The van der Waals surface area contributed by atoms with E-state index in [9.17, 15) is 4.79 Å². The number of ether oxygens (including phenoxy) is 1. The van der Waals surface area contributed by atoms with Crippen LogP contribution in [0.2, 0.25) is 5.02 Å². The van der Waals surface area contributed by atoms with Crippen molar-refractivity contribution in [3.05, 3.63) is 29.0 Å². The van der Waals surface area contributed by atoms with Crippen LogP contribution in [0.5, 0.6) is 0 Å². The van der Waals surface area contributed by atoms with Crippen LogP contribution in [0.25, 0.3) is 0 Å². The summed E-state index contributed by atoms with van der Waals surface area (Å²) >= 11 is 5.76. The van der Waals surface area contributed by atoms with Gasteiger partial charge < -0.3 is 4.74 Å². The number of pyridine rings is 1. The number of esters is 1. The Morgan fingerprint density at radius 3 is 2.85 bits per heavy atom. The van der Waals surface area contributed by atoms with Gasteiger partial charge >= 0.3 is 5.97 Å². The first-order valence-electron chi connectivity index (χ1n) is 3.91. The van der Waals surface area contributed by atoms with Crippen LogP contribution in [0.15, 0.2) is 18.5 Å². The zero-order chi connectivity index (χ0) is 9.84. The fourth-order valence-electron chi connectivity index (χ4n) is 0.805. The minimum absolute atomic E-state index is 0.149. The topological polar surface area (TPSA) is 39.2 Å². The van der Waals surface area contributed by atoms with Crippen molar-refractivity contribution in [2.24, 2.45) is 0 Å². The Labute approximate surface area is 81.7 Å². The normalized spacial score (nSPS) is 10.2. The van der Waals surface area contributed by atoms with Crippen molar-refractivity contribution in [1.29, 1.82) is 0 Å². The summed E-state index contributed by atoms with van der Waals surface area (Å²) < 4.78 is 4.95. The van der Waals surface area contributed by atoms with E-state index >= 15 is 0 Å². The molecule has 0 radical (unpaired) electrons. The van der Waals surface area contributed by atoms with Crippen LogP contribution < -0.4 is 0 Å². The minimum Gasteiger partial charge on any atom is -0.459 e. The quantitative estimate of drug-likeness (QED) is 0.687. The maximum atomic E-state index is 11.3. The highest BCUT2D eigenvalue weighted by Gasteiger charge is 2.12. The number of hydrogen-bond acceptors (Lipinski definition) is 3. The molecule has 1 heterocycles. The third-order valence-electron chi connectivity index (χ3n) is 1.33. The highest BCUT2D eigenvalue weighted by atomic mass is 35.5. The Kier molecular flexibility index (Phi) is 3.25. The second kappa shape index (κ2) is 4.23. The standard InChI is InChI=1S/C9H10ClNO2/c1-6(2)13-9(12)7-5-11-4-3-8(7)10/h3-6H,1-2H3. The summed E-state index contributed by atoms with van der Waals surface area (Å²) in [5.74, 6) is -0.437. The molecule has 70 valence electrons. The molecule has 1 rings (SSSR count). The van der Waals surface area contributed by atoms with Crippen molar-refractivity contribution in [3.63, 3.8) is 0 Å². The van der Waals surface area contributed by atoms with Crippen molar-refractivity contribution < 1.29 is 9.53 Å². The number of nitrogens with zero attached hydrogens (tertiary/aromatic N) is 1. The number of carbonyl (C=O) groups excluding carboxylic acids is 1. The molecule has 0 spiro atoms. The van der Waals surface area contributed by atoms with Gasteiger partial charge in [-0.25, -0.2) is 4.79 Å². The lowest BCUT2D eigenvalue weighted by atomic mass is 10.3. The summed E-state index contributed by atoms with van der Waals surface area (Å²) in [5.41, 5.74) is 0.304. The third-order valence-corrected chi connectivity index (χ3v) is 1.66. The summed E-state index contributed by atoms with van der Waals surface area (Å²) in [6, 6.07) is 1.55. The molecule has 0 aromatic carbocycles. The molecule has 0 fully saturated rings. The zero-order valence-corrected chi connectivity index (χ0v) is 8.21. The number of carbonyl (C=O) groups is 1. The van der Waals surface area contributed by atoms with Gasteiger partial charge in [0.05, 0.1) is 16.7 Å². The Hall–Kier alpha value is -1.09. The lowest BCUT2D eigenvalue weighted by Crippen LogP contribution is -2.12. The lowest BCUT2D eigenvalue weighted by molar-refractivity contribution is 0.0377. The Morgan fingerprint density at radius 2 is 2.31 bits per heavy atom. The van der Waals surface area contributed by atoms with Gasteiger partial charge in [0.1, 0.15) is 0 Å². The van der Waals surface area contributed by atoms with Gasteiger partial charge in [0.15, 0.2) is 0 Å². The smallest absolute Gasteiger partial charge is 0.341 e. The lowest BCUT2D eigenvalue weighted by Gasteiger charge is -2.07. The van der Waals surface area contributed by atoms with E-state index in [1.54, 1.807) is 19.9 Å². The molecular weight excluding hydrogens is 190 g/mol. The molecule has 4 heteroatoms. The van der Waals surface area contributed by atoms with Gasteiger partial charge in [0.25, 0.3) is 0 Å². The summed E-state index contributed by atoms with van der Waals surface area (Å²) in [7, 11) is 0. The van der Waals surface area contributed by atoms with Crippen molar-refractivity contribution in [2.45, 2.75) is 20.0 Å². The second-order valence-corrected chi connectivity index (χ2v) is 3.22. The first-order valence-corrected chi connectivity index (χ1v) is 4.29. The number of hydrogen-bond donors (Lipinski definition) is 0. The van der Waals surface area contributed by atoms with Crippen LogP contribution in [0, 0.1) is 0 Å². The summed E-state index contributed by atoms with van der Waals surface area (Å²) in [5, 5.41) is 0.362. The molecule has 0 aliphatic heterocycles. The molecule has 13 heavy (non-hydrogen) atoms. The molecule has 0 aliphatic carbocycles. The first-order chi connectivity index (χ1) is 6.11. The van der Waals surface area contributed by atoms with Crippen LogP contribution in [0.3, 0.4) is 0 Å². The van der Waals surface area contributed by atoms with E-state index in [-0.39, 0.29) is 6.10 Å². The van der Waals surface area contributed by atoms with Crippen molar-refractivity contribution in [1.82, 2.24) is 4.98 Å². The van der Waals surface area contributed by atoms with Crippen molar-refractivity contribution >= 4 is 17.6 Å². The highest BCUT2D eigenvalue weighted by Crippen LogP contribution is 2.14. The molecule has 0 aliphatic rings. The average Bonchev–Trinajstić information content (AvgIpc) is 2.03. The van der Waals surface area contributed by atoms with E-state index in [0.29, 0.717) is 10.6 Å². The Balaban J connectivity index is 2.83. The van der Waals surface area contributed by atoms with E-state index < -0.39 is 5.97 Å². The maximum Gasteiger partial charge on any atom is 0.341 e. The summed E-state index contributed by atoms with van der Waals surface area (Å²) in [6.45, 7) is 3.56. The summed E-state index contributed by atoms with van der Waals surface area (Å²) in [4.78, 5) is 15.1. The van der Waals surface area contributed by atoms with Gasteiger partial charge in [-0.15, -0.1) is 0 Å². The van der Waals surface area contributed by atoms with Gasteiger partial charge in [0, 0.05) is 12.4 Å². The molecule has 0 bridgehead atoms. The second-order valence-electron chi connectivity index (χ2n) is 2.81. The molecule has 0 saturated heterocycles. The predicted octanol–water partition coefficient (Wildman–Crippen LogP) is 2.30. The largest absolute Gasteiger partial charge is 0.459 e. The van der Waals surface area contributed by atoms with Crippen LogP contribution in [-0.4, -0.2) is 17.1 Å². The van der Waals surface area contributed by atoms with E-state index in [4.69, 9.17) is 16.3 Å². The number of rotatable bonds is 2. The molecule has 0 amide bonds. The van der Waals surface area contributed by atoms with Gasteiger partial charge in [-0.2, -0.15) is 0 Å². The van der Waals surface area contributed by atoms with Crippen LogP contribution in [0.1, 0.15) is 24.2 Å². The van der Waals surface area contributed by atoms with E-state index in [2.05, 4.69) is 4.98 Å². The van der Waals surface area contributed by atoms with Gasteiger partial charge in [-0.3, -0.25) is 4.98 Å². The molecule has 3 nitrogen and oxygen atoms in total. The van der Waals surface area contributed by atoms with E-state index in [1.807, 2.05) is 0 Å². The summed E-state index contributed by atoms with van der Waals surface area (Å²) in [6.07, 6.45) is 2.77. The molecule has 0 saturated carbocycles. The van der Waals surface area contributed by atoms with Crippen molar-refractivity contribution in [3.8, 4) is 0 Å². The first kappa shape index (κ1) is 9.99. The van der Waals surface area contributed by atoms with Crippen LogP contribution >= 0.6 is 11.6 Å². The molecule has 0 atom stereocenters. The molecule has 0 unspecified atom stereocenters. The third kappa shape index (κ3) is 2.70. The zero-order valence-electron chi connectivity index (χ0n) is 7.45. The Bertz CT molecular complexity index is 312. The fourth-order valence-corrected chi connectivity index (χ4v) is 0.988.